The van der Waals surface area contributed by atoms with Gasteiger partial charge in [-0.3, -0.25) is 4.79 Å². The molecular formula is C20H22O7S. The summed E-state index contributed by atoms with van der Waals surface area (Å²) in [4.78, 5) is 24.0. The maximum atomic E-state index is 12.8. The number of carbonyl (C=O) groups is 2. The van der Waals surface area contributed by atoms with Crippen molar-refractivity contribution in [2.24, 2.45) is 0 Å². The van der Waals surface area contributed by atoms with Crippen LogP contribution in [0.4, 0.5) is 0 Å². The summed E-state index contributed by atoms with van der Waals surface area (Å²) in [5.74, 6) is 1.52. The predicted molar refractivity (Wildman–Crippen MR) is 107 cm³/mol. The van der Waals surface area contributed by atoms with Crippen LogP contribution in [-0.2, 0) is 5.75 Å². The molecule has 0 radical (unpaired) electrons. The summed E-state index contributed by atoms with van der Waals surface area (Å²) in [6.07, 6.45) is 2.63. The van der Waals surface area contributed by atoms with E-state index in [9.17, 15) is 9.59 Å². The summed E-state index contributed by atoms with van der Waals surface area (Å²) in [6, 6.07) is 6.20. The summed E-state index contributed by atoms with van der Waals surface area (Å²) >= 11 is 1.53. The molecule has 0 aliphatic rings. The highest BCUT2D eigenvalue weighted by Gasteiger charge is 2.21. The zero-order chi connectivity index (χ0) is 20.7. The maximum Gasteiger partial charge on any atom is 0.343 e. The van der Waals surface area contributed by atoms with Crippen LogP contribution in [0.3, 0.4) is 0 Å². The number of aldehydes is 1. The lowest BCUT2D eigenvalue weighted by molar-refractivity contribution is 0.0727. The first-order valence-corrected chi connectivity index (χ1v) is 9.59. The lowest BCUT2D eigenvalue weighted by atomic mass is 10.1. The Kier molecular flexibility index (Phi) is 7.57. The molecule has 7 nitrogen and oxygen atoms in total. The maximum absolute atomic E-state index is 12.8. The Hall–Kier alpha value is -2.87. The van der Waals surface area contributed by atoms with Gasteiger partial charge in [-0.2, -0.15) is 11.8 Å². The third kappa shape index (κ3) is 4.51. The number of methoxy groups -OCH3 is 4. The first kappa shape index (κ1) is 21.4. The fourth-order valence-corrected chi connectivity index (χ4v) is 3.16. The van der Waals surface area contributed by atoms with Crippen LogP contribution in [0.15, 0.2) is 24.3 Å². The Balaban J connectivity index is 2.48. The largest absolute Gasteiger partial charge is 0.493 e. The minimum absolute atomic E-state index is 0.214. The smallest absolute Gasteiger partial charge is 0.343 e. The normalized spacial score (nSPS) is 10.2. The number of hydrogen-bond donors (Lipinski definition) is 0. The molecule has 0 aromatic heterocycles. The van der Waals surface area contributed by atoms with Gasteiger partial charge in [-0.05, 0) is 30.5 Å². The monoisotopic (exact) mass is 406 g/mol. The molecule has 0 fully saturated rings. The Morgan fingerprint density at radius 1 is 0.893 bits per heavy atom. The van der Waals surface area contributed by atoms with Crippen molar-refractivity contribution < 1.29 is 33.3 Å². The molecule has 0 bridgehead atoms. The molecule has 0 atom stereocenters. The van der Waals surface area contributed by atoms with Gasteiger partial charge in [0, 0.05) is 16.9 Å². The van der Waals surface area contributed by atoms with Crippen molar-refractivity contribution >= 4 is 24.0 Å². The molecule has 0 N–H and O–H groups in total. The van der Waals surface area contributed by atoms with E-state index in [1.807, 2.05) is 6.26 Å². The van der Waals surface area contributed by atoms with Gasteiger partial charge in [0.15, 0.2) is 23.0 Å². The van der Waals surface area contributed by atoms with Crippen molar-refractivity contribution in [3.63, 3.8) is 0 Å². The van der Waals surface area contributed by atoms with Gasteiger partial charge in [-0.15, -0.1) is 0 Å². The van der Waals surface area contributed by atoms with E-state index in [-0.39, 0.29) is 11.3 Å². The van der Waals surface area contributed by atoms with E-state index in [4.69, 9.17) is 23.7 Å². The topological polar surface area (TPSA) is 80.3 Å². The number of rotatable bonds is 9. The molecule has 8 heteroatoms. The predicted octanol–water partition coefficient (Wildman–Crippen LogP) is 3.62. The molecule has 0 amide bonds. The van der Waals surface area contributed by atoms with E-state index in [0.29, 0.717) is 39.9 Å². The van der Waals surface area contributed by atoms with Gasteiger partial charge < -0.3 is 23.7 Å². The van der Waals surface area contributed by atoms with Crippen LogP contribution in [0, 0.1) is 0 Å². The summed E-state index contributed by atoms with van der Waals surface area (Å²) in [7, 11) is 5.85. The molecule has 2 rings (SSSR count). The third-order valence-corrected chi connectivity index (χ3v) is 4.50. The van der Waals surface area contributed by atoms with Gasteiger partial charge >= 0.3 is 5.97 Å². The van der Waals surface area contributed by atoms with Crippen molar-refractivity contribution in [3.8, 4) is 28.7 Å². The fourth-order valence-electron chi connectivity index (χ4n) is 2.63. The number of ether oxygens (including phenoxy) is 5. The first-order valence-electron chi connectivity index (χ1n) is 8.20. The van der Waals surface area contributed by atoms with Gasteiger partial charge in [0.2, 0.25) is 5.75 Å². The van der Waals surface area contributed by atoms with Crippen LogP contribution in [0.1, 0.15) is 26.3 Å². The first-order chi connectivity index (χ1) is 13.5. The summed E-state index contributed by atoms with van der Waals surface area (Å²) in [5, 5.41) is 0. The van der Waals surface area contributed by atoms with Crippen molar-refractivity contribution in [3.05, 3.63) is 41.0 Å². The van der Waals surface area contributed by atoms with Gasteiger partial charge in [0.1, 0.15) is 6.29 Å². The van der Waals surface area contributed by atoms with Crippen molar-refractivity contribution in [1.29, 1.82) is 0 Å². The number of thioether (sulfide) groups is 1. The fraction of sp³-hybridized carbons (Fsp3) is 0.300. The van der Waals surface area contributed by atoms with E-state index in [1.54, 1.807) is 6.07 Å². The molecule has 0 saturated carbocycles. The van der Waals surface area contributed by atoms with E-state index in [1.165, 1.54) is 58.4 Å². The average Bonchev–Trinajstić information content (AvgIpc) is 2.73. The van der Waals surface area contributed by atoms with E-state index in [0.717, 1.165) is 6.29 Å². The van der Waals surface area contributed by atoms with Crippen molar-refractivity contribution in [2.45, 2.75) is 5.75 Å². The SMILES string of the molecule is COc1cc(C=O)cc(CSC)c1OC(=O)c1cc(OC)c(OC)c(OC)c1. The summed E-state index contributed by atoms with van der Waals surface area (Å²) in [5.41, 5.74) is 1.33. The molecule has 28 heavy (non-hydrogen) atoms. The standard InChI is InChI=1S/C20H22O7S/c1-23-15-7-12(10-21)6-14(11-28-5)18(15)27-20(22)13-8-16(24-2)19(26-4)17(9-13)25-3/h6-10H,11H2,1-5H3. The highest BCUT2D eigenvalue weighted by molar-refractivity contribution is 7.97. The molecule has 2 aromatic rings. The summed E-state index contributed by atoms with van der Waals surface area (Å²) < 4.78 is 26.8. The molecule has 0 spiro atoms. The Bertz CT molecular complexity index is 839. The zero-order valence-electron chi connectivity index (χ0n) is 16.4. The quantitative estimate of drug-likeness (QED) is 0.355. The van der Waals surface area contributed by atoms with Crippen LogP contribution in [0.25, 0.3) is 0 Å². The van der Waals surface area contributed by atoms with E-state index in [2.05, 4.69) is 0 Å². The van der Waals surface area contributed by atoms with Crippen LogP contribution < -0.4 is 23.7 Å². The number of carbonyl (C=O) groups excluding carboxylic acids is 2. The second-order valence-electron chi connectivity index (χ2n) is 5.57. The van der Waals surface area contributed by atoms with Crippen LogP contribution >= 0.6 is 11.8 Å². The summed E-state index contributed by atoms with van der Waals surface area (Å²) in [6.45, 7) is 0. The van der Waals surface area contributed by atoms with E-state index < -0.39 is 5.97 Å². The van der Waals surface area contributed by atoms with Crippen LogP contribution in [-0.4, -0.2) is 47.0 Å². The molecule has 150 valence electrons. The zero-order valence-corrected chi connectivity index (χ0v) is 17.2. The lowest BCUT2D eigenvalue weighted by Crippen LogP contribution is -2.12. The molecule has 0 aliphatic carbocycles. The minimum Gasteiger partial charge on any atom is -0.493 e. The Morgan fingerprint density at radius 3 is 1.93 bits per heavy atom. The molecular weight excluding hydrogens is 384 g/mol. The van der Waals surface area contributed by atoms with Gasteiger partial charge in [0.25, 0.3) is 0 Å². The highest BCUT2D eigenvalue weighted by atomic mass is 32.2. The highest BCUT2D eigenvalue weighted by Crippen LogP contribution is 2.39. The van der Waals surface area contributed by atoms with Gasteiger partial charge in [-0.25, -0.2) is 4.79 Å². The van der Waals surface area contributed by atoms with E-state index >= 15 is 0 Å². The molecule has 0 heterocycles. The number of hydrogen-bond acceptors (Lipinski definition) is 8. The number of esters is 1. The molecule has 2 aromatic carbocycles. The van der Waals surface area contributed by atoms with Gasteiger partial charge in [-0.1, -0.05) is 0 Å². The third-order valence-electron chi connectivity index (χ3n) is 3.91. The molecule has 0 unspecified atom stereocenters. The Labute approximate surface area is 167 Å². The van der Waals surface area contributed by atoms with Crippen molar-refractivity contribution in [2.75, 3.05) is 34.7 Å². The van der Waals surface area contributed by atoms with Crippen molar-refractivity contribution in [1.82, 2.24) is 0 Å². The minimum atomic E-state index is -0.626. The second kappa shape index (κ2) is 9.89. The van der Waals surface area contributed by atoms with Crippen LogP contribution in [0.5, 0.6) is 28.7 Å². The second-order valence-corrected chi connectivity index (χ2v) is 6.43. The average molecular weight is 406 g/mol. The number of benzene rings is 2. The molecule has 0 saturated heterocycles. The lowest BCUT2D eigenvalue weighted by Gasteiger charge is -2.16. The van der Waals surface area contributed by atoms with Gasteiger partial charge in [0.05, 0.1) is 34.0 Å². The molecule has 0 aliphatic heterocycles. The van der Waals surface area contributed by atoms with Crippen LogP contribution in [0.2, 0.25) is 0 Å². The Morgan fingerprint density at radius 2 is 1.46 bits per heavy atom.